The molecule has 1 aliphatic rings. The number of hydrogen-bond acceptors (Lipinski definition) is 6. The van der Waals surface area contributed by atoms with Crippen molar-refractivity contribution in [2.75, 3.05) is 6.54 Å². The van der Waals surface area contributed by atoms with Gasteiger partial charge in [0.05, 0.1) is 17.7 Å². The molecular weight excluding hydrogens is 494 g/mol. The topological polar surface area (TPSA) is 104 Å². The maximum atomic E-state index is 13.2. The van der Waals surface area contributed by atoms with E-state index in [2.05, 4.69) is 15.9 Å². The van der Waals surface area contributed by atoms with Crippen LogP contribution in [-0.2, 0) is 11.3 Å². The van der Waals surface area contributed by atoms with Crippen molar-refractivity contribution in [1.29, 1.82) is 5.26 Å². The van der Waals surface area contributed by atoms with E-state index in [4.69, 9.17) is 15.7 Å². The number of aromatic nitrogens is 1. The maximum Gasteiger partial charge on any atom is 0.387 e. The largest absolute Gasteiger partial charge is 0.480 e. The number of aliphatic carboxylic acids is 1. The number of benzene rings is 3. The van der Waals surface area contributed by atoms with E-state index in [-0.39, 0.29) is 29.3 Å². The third-order valence-electron chi connectivity index (χ3n) is 6.53. The molecule has 3 aromatic carbocycles. The number of likely N-dealkylation sites (tertiary alicyclic amines) is 1. The molecule has 10 heteroatoms. The second-order valence-corrected chi connectivity index (χ2v) is 8.76. The van der Waals surface area contributed by atoms with Crippen molar-refractivity contribution in [2.24, 2.45) is 0 Å². The lowest BCUT2D eigenvalue weighted by Crippen LogP contribution is -2.35. The fraction of sp³-hybridized carbons (Fsp3) is 0.214. The van der Waals surface area contributed by atoms with Crippen molar-refractivity contribution in [3.8, 4) is 34.4 Å². The highest BCUT2D eigenvalue weighted by molar-refractivity contribution is 5.87. The number of carboxylic acid groups (broad SMARTS) is 1. The van der Waals surface area contributed by atoms with E-state index in [1.54, 1.807) is 53.4 Å². The van der Waals surface area contributed by atoms with E-state index < -0.39 is 18.6 Å². The van der Waals surface area contributed by atoms with Crippen LogP contribution >= 0.6 is 0 Å². The summed E-state index contributed by atoms with van der Waals surface area (Å²) in [6.07, 6.45) is 1.16. The lowest BCUT2D eigenvalue weighted by molar-refractivity contribution is -0.142. The van der Waals surface area contributed by atoms with Crippen LogP contribution in [0.2, 0.25) is 0 Å². The van der Waals surface area contributed by atoms with E-state index in [0.717, 1.165) is 0 Å². The van der Waals surface area contributed by atoms with E-state index in [1.165, 1.54) is 6.07 Å². The first kappa shape index (κ1) is 24.9. The lowest BCUT2D eigenvalue weighted by atomic mass is 9.95. The van der Waals surface area contributed by atoms with Gasteiger partial charge in [0, 0.05) is 18.2 Å². The first-order chi connectivity index (χ1) is 18.4. The Balaban J connectivity index is 1.60. The predicted molar refractivity (Wildman–Crippen MR) is 134 cm³/mol. The van der Waals surface area contributed by atoms with Gasteiger partial charge in [-0.2, -0.15) is 14.0 Å². The molecule has 1 N–H and O–H groups in total. The number of rotatable bonds is 7. The number of oxazole rings is 1. The van der Waals surface area contributed by atoms with Gasteiger partial charge in [0.1, 0.15) is 23.4 Å². The first-order valence-corrected chi connectivity index (χ1v) is 11.7. The summed E-state index contributed by atoms with van der Waals surface area (Å²) in [4.78, 5) is 21.4. The molecule has 0 amide bonds. The Bertz CT molecular complexity index is 1620. The number of halogens is 2. The quantitative estimate of drug-likeness (QED) is 0.291. The molecule has 8 nitrogen and oxygen atoms in total. The Morgan fingerprint density at radius 1 is 1.24 bits per heavy atom. The summed E-state index contributed by atoms with van der Waals surface area (Å²) in [5.74, 6) is -0.998. The minimum atomic E-state index is -3.09. The van der Waals surface area contributed by atoms with Crippen molar-refractivity contribution < 1.29 is 27.8 Å². The minimum absolute atomic E-state index is 0.0868. The second kappa shape index (κ2) is 10.3. The molecule has 0 radical (unpaired) electrons. The molecule has 2 heterocycles. The van der Waals surface area contributed by atoms with E-state index in [9.17, 15) is 23.9 Å². The number of ether oxygens (including phenoxy) is 1. The number of carbonyl (C=O) groups is 1. The Labute approximate surface area is 216 Å². The number of alkyl halides is 2. The fourth-order valence-corrected chi connectivity index (χ4v) is 4.83. The van der Waals surface area contributed by atoms with Crippen molar-refractivity contribution in [1.82, 2.24) is 9.88 Å². The monoisotopic (exact) mass is 514 g/mol. The minimum Gasteiger partial charge on any atom is -0.480 e. The van der Waals surface area contributed by atoms with Crippen LogP contribution in [0.1, 0.15) is 24.0 Å². The maximum absolute atomic E-state index is 13.2. The summed E-state index contributed by atoms with van der Waals surface area (Å²) >= 11 is 0. The van der Waals surface area contributed by atoms with Crippen molar-refractivity contribution in [3.05, 3.63) is 77.1 Å². The average Bonchev–Trinajstić information content (AvgIpc) is 3.55. The van der Waals surface area contributed by atoms with E-state index in [1.807, 2.05) is 0 Å². The molecule has 4 aromatic rings. The van der Waals surface area contributed by atoms with Gasteiger partial charge in [-0.25, -0.2) is 9.83 Å². The van der Waals surface area contributed by atoms with Crippen LogP contribution in [-0.4, -0.2) is 40.2 Å². The molecule has 1 fully saturated rings. The zero-order valence-electron chi connectivity index (χ0n) is 19.9. The van der Waals surface area contributed by atoms with Crippen molar-refractivity contribution >= 4 is 22.8 Å². The molecule has 1 saturated heterocycles. The zero-order chi connectivity index (χ0) is 26.8. The standard InChI is InChI=1S/C28H20F2N4O4/c1-32-21-9-3-2-6-18(21)17-7-4-8-19(20(17)14-31)26-33-22-12-16(15-34-11-5-10-23(34)27(35)36)24(38-28(29)30)13-25(22)37-26/h2-4,6-9,12-13,23,28H,5,10-11,15H2,(H,35,36)/t23-/m0/s1. The Kier molecular flexibility index (Phi) is 6.73. The number of carboxylic acids is 1. The lowest BCUT2D eigenvalue weighted by Gasteiger charge is -2.22. The molecule has 0 aliphatic carbocycles. The first-order valence-electron chi connectivity index (χ1n) is 11.7. The number of fused-ring (bicyclic) bond motifs is 1. The number of hydrogen-bond donors (Lipinski definition) is 1. The molecule has 1 aliphatic heterocycles. The van der Waals surface area contributed by atoms with Crippen LogP contribution in [0.15, 0.2) is 59.0 Å². The molecule has 1 aromatic heterocycles. The fourth-order valence-electron chi connectivity index (χ4n) is 4.83. The highest BCUT2D eigenvalue weighted by Gasteiger charge is 2.31. The number of nitrogens with zero attached hydrogens (tertiary/aromatic N) is 4. The molecule has 5 rings (SSSR count). The highest BCUT2D eigenvalue weighted by atomic mass is 19.3. The average molecular weight is 514 g/mol. The van der Waals surface area contributed by atoms with Crippen molar-refractivity contribution in [3.63, 3.8) is 0 Å². The normalized spacial score (nSPS) is 15.4. The Hall–Kier alpha value is -4.80. The SMILES string of the molecule is [C-]#[N+]c1ccccc1-c1cccc(-c2nc3cc(CN4CCC[C@H]4C(=O)O)c(OC(F)F)cc3o2)c1C#N. The molecule has 190 valence electrons. The number of para-hydroxylation sites is 1. The molecule has 1 atom stereocenters. The van der Waals surface area contributed by atoms with E-state index >= 15 is 0 Å². The smallest absolute Gasteiger partial charge is 0.387 e. The zero-order valence-corrected chi connectivity index (χ0v) is 19.9. The summed E-state index contributed by atoms with van der Waals surface area (Å²) in [6, 6.07) is 16.4. The van der Waals surface area contributed by atoms with Crippen LogP contribution < -0.4 is 4.74 Å². The van der Waals surface area contributed by atoms with E-state index in [0.29, 0.717) is 52.8 Å². The summed E-state index contributed by atoms with van der Waals surface area (Å²) < 4.78 is 37.1. The van der Waals surface area contributed by atoms with Crippen LogP contribution in [0.3, 0.4) is 0 Å². The van der Waals surface area contributed by atoms with Gasteiger partial charge in [0.15, 0.2) is 11.3 Å². The van der Waals surface area contributed by atoms with Crippen LogP contribution in [0.5, 0.6) is 5.75 Å². The third-order valence-corrected chi connectivity index (χ3v) is 6.53. The van der Waals surface area contributed by atoms with Gasteiger partial charge in [0.25, 0.3) is 0 Å². The van der Waals surface area contributed by atoms with Crippen LogP contribution in [0.25, 0.3) is 38.5 Å². The molecule has 38 heavy (non-hydrogen) atoms. The second-order valence-electron chi connectivity index (χ2n) is 8.76. The molecule has 0 spiro atoms. The van der Waals surface area contributed by atoms with Gasteiger partial charge in [-0.05, 0) is 42.6 Å². The van der Waals surface area contributed by atoms with Crippen LogP contribution in [0, 0.1) is 17.9 Å². The summed E-state index contributed by atoms with van der Waals surface area (Å²) in [7, 11) is 0. The van der Waals surface area contributed by atoms with Gasteiger partial charge in [-0.3, -0.25) is 9.69 Å². The summed E-state index contributed by atoms with van der Waals surface area (Å²) in [6.45, 7) is 4.97. The molecular formula is C28H20F2N4O4. The van der Waals surface area contributed by atoms with Crippen LogP contribution in [0.4, 0.5) is 14.5 Å². The van der Waals surface area contributed by atoms with Gasteiger partial charge in [-0.15, -0.1) is 0 Å². The predicted octanol–water partition coefficient (Wildman–Crippen LogP) is 6.23. The van der Waals surface area contributed by atoms with Crippen molar-refractivity contribution in [2.45, 2.75) is 32.0 Å². The molecule has 0 saturated carbocycles. The highest BCUT2D eigenvalue weighted by Crippen LogP contribution is 2.38. The Morgan fingerprint density at radius 3 is 2.74 bits per heavy atom. The third kappa shape index (κ3) is 4.65. The summed E-state index contributed by atoms with van der Waals surface area (Å²) in [5.41, 5.74) is 3.01. The van der Waals surface area contributed by atoms with Gasteiger partial charge < -0.3 is 14.3 Å². The summed E-state index contributed by atoms with van der Waals surface area (Å²) in [5, 5.41) is 19.5. The number of nitriles is 1. The Morgan fingerprint density at radius 2 is 2.00 bits per heavy atom. The van der Waals surface area contributed by atoms with Gasteiger partial charge >= 0.3 is 12.6 Å². The molecule has 0 unspecified atom stereocenters. The van der Waals surface area contributed by atoms with Gasteiger partial charge in [0.2, 0.25) is 5.89 Å². The van der Waals surface area contributed by atoms with Gasteiger partial charge in [-0.1, -0.05) is 36.4 Å². The molecule has 0 bridgehead atoms.